The summed E-state index contributed by atoms with van der Waals surface area (Å²) in [4.78, 5) is 12.3. The first-order chi connectivity index (χ1) is 11.6. The molecule has 0 aliphatic carbocycles. The molecule has 0 N–H and O–H groups in total. The second kappa shape index (κ2) is 8.10. The van der Waals surface area contributed by atoms with E-state index < -0.39 is 0 Å². The Morgan fingerprint density at radius 2 is 1.46 bits per heavy atom. The fraction of sp³-hybridized carbons (Fsp3) is 0.278. The minimum absolute atomic E-state index is 0.140. The van der Waals surface area contributed by atoms with Crippen LogP contribution in [0, 0.1) is 0 Å². The van der Waals surface area contributed by atoms with Gasteiger partial charge < -0.3 is 23.7 Å². The first-order valence-corrected chi connectivity index (χ1v) is 7.23. The third kappa shape index (κ3) is 3.71. The highest BCUT2D eigenvalue weighted by atomic mass is 16.5. The van der Waals surface area contributed by atoms with Gasteiger partial charge in [0.25, 0.3) is 0 Å². The van der Waals surface area contributed by atoms with Crippen LogP contribution < -0.4 is 23.7 Å². The largest absolute Gasteiger partial charge is 0.493 e. The van der Waals surface area contributed by atoms with Crippen LogP contribution in [0.15, 0.2) is 36.4 Å². The summed E-state index contributed by atoms with van der Waals surface area (Å²) in [5.41, 5.74) is 0.467. The van der Waals surface area contributed by atoms with Crippen molar-refractivity contribution in [1.82, 2.24) is 0 Å². The molecule has 128 valence electrons. The van der Waals surface area contributed by atoms with Crippen LogP contribution in [0.25, 0.3) is 0 Å². The van der Waals surface area contributed by atoms with Crippen molar-refractivity contribution in [3.8, 4) is 28.7 Å². The predicted molar refractivity (Wildman–Crippen MR) is 88.9 cm³/mol. The van der Waals surface area contributed by atoms with Gasteiger partial charge in [-0.2, -0.15) is 0 Å². The molecule has 0 heterocycles. The molecule has 0 fully saturated rings. The maximum Gasteiger partial charge on any atom is 0.203 e. The molecule has 0 saturated carbocycles. The second-order valence-electron chi connectivity index (χ2n) is 4.77. The monoisotopic (exact) mass is 332 g/mol. The molecule has 2 aromatic carbocycles. The van der Waals surface area contributed by atoms with Gasteiger partial charge in [0, 0.05) is 5.56 Å². The van der Waals surface area contributed by atoms with E-state index >= 15 is 0 Å². The molecule has 24 heavy (non-hydrogen) atoms. The summed E-state index contributed by atoms with van der Waals surface area (Å²) in [6.45, 7) is -0.140. The van der Waals surface area contributed by atoms with E-state index in [1.165, 1.54) is 28.4 Å². The van der Waals surface area contributed by atoms with Crippen LogP contribution >= 0.6 is 0 Å². The first-order valence-electron chi connectivity index (χ1n) is 7.23. The molecule has 0 amide bonds. The van der Waals surface area contributed by atoms with Crippen LogP contribution in [0.1, 0.15) is 10.4 Å². The van der Waals surface area contributed by atoms with Gasteiger partial charge in [0.05, 0.1) is 28.4 Å². The Morgan fingerprint density at radius 1 is 0.792 bits per heavy atom. The molecule has 0 bridgehead atoms. The number of ketones is 1. The molecule has 0 radical (unpaired) electrons. The summed E-state index contributed by atoms with van der Waals surface area (Å²) in [5, 5.41) is 0. The summed E-state index contributed by atoms with van der Waals surface area (Å²) in [5.74, 6) is 2.27. The number of carbonyl (C=O) groups excluding carboxylic acids is 1. The van der Waals surface area contributed by atoms with Crippen LogP contribution in [0.5, 0.6) is 28.7 Å². The highest BCUT2D eigenvalue weighted by molar-refractivity contribution is 5.97. The number of hydrogen-bond acceptors (Lipinski definition) is 6. The number of Topliss-reactive ketones (excluding diaryl/α,β-unsaturated/α-hetero) is 1. The Bertz CT molecular complexity index is 711. The van der Waals surface area contributed by atoms with Crippen molar-refractivity contribution in [3.63, 3.8) is 0 Å². The molecule has 0 atom stereocenters. The summed E-state index contributed by atoms with van der Waals surface area (Å²) in [6, 6.07) is 10.2. The Kier molecular flexibility index (Phi) is 5.89. The van der Waals surface area contributed by atoms with Crippen molar-refractivity contribution < 1.29 is 28.5 Å². The maximum absolute atomic E-state index is 12.3. The lowest BCUT2D eigenvalue weighted by atomic mass is 10.1. The Morgan fingerprint density at radius 3 is 2.08 bits per heavy atom. The number of benzene rings is 2. The summed E-state index contributed by atoms with van der Waals surface area (Å²) < 4.78 is 26.4. The van der Waals surface area contributed by atoms with Crippen LogP contribution in [0.2, 0.25) is 0 Å². The number of methoxy groups -OCH3 is 4. The number of hydrogen-bond donors (Lipinski definition) is 0. The topological polar surface area (TPSA) is 63.2 Å². The Balaban J connectivity index is 2.14. The average Bonchev–Trinajstić information content (AvgIpc) is 2.64. The van der Waals surface area contributed by atoms with Gasteiger partial charge in [0.15, 0.2) is 35.4 Å². The minimum atomic E-state index is -0.194. The zero-order valence-corrected chi connectivity index (χ0v) is 14.1. The predicted octanol–water partition coefficient (Wildman–Crippen LogP) is 2.98. The molecule has 0 saturated heterocycles. The molecule has 0 aromatic heterocycles. The highest BCUT2D eigenvalue weighted by Crippen LogP contribution is 2.36. The number of rotatable bonds is 8. The van der Waals surface area contributed by atoms with E-state index in [1.54, 1.807) is 36.4 Å². The maximum atomic E-state index is 12.3. The normalized spacial score (nSPS) is 10.0. The Labute approximate surface area is 140 Å². The number of ether oxygens (including phenoxy) is 5. The third-order valence-corrected chi connectivity index (χ3v) is 3.43. The third-order valence-electron chi connectivity index (χ3n) is 3.43. The smallest absolute Gasteiger partial charge is 0.203 e. The molecule has 0 aliphatic heterocycles. The minimum Gasteiger partial charge on any atom is -0.493 e. The van der Waals surface area contributed by atoms with Crippen LogP contribution in [-0.2, 0) is 0 Å². The molecule has 2 rings (SSSR count). The SMILES string of the molecule is COc1ccc(C(=O)COc2cccc(OC)c2OC)cc1OC. The summed E-state index contributed by atoms with van der Waals surface area (Å²) >= 11 is 0. The standard InChI is InChI=1S/C18H20O6/c1-20-14-9-8-12(10-17(14)22-3)13(19)11-24-16-7-5-6-15(21-2)18(16)23-4/h5-10H,11H2,1-4H3. The van der Waals surface area contributed by atoms with Crippen LogP contribution in [0.4, 0.5) is 0 Å². The van der Waals surface area contributed by atoms with Crippen molar-refractivity contribution in [2.45, 2.75) is 0 Å². The molecule has 0 aliphatic rings. The van der Waals surface area contributed by atoms with Crippen molar-refractivity contribution >= 4 is 5.78 Å². The molecule has 6 nitrogen and oxygen atoms in total. The van der Waals surface area contributed by atoms with Crippen molar-refractivity contribution in [1.29, 1.82) is 0 Å². The van der Waals surface area contributed by atoms with Gasteiger partial charge in [0.2, 0.25) is 5.75 Å². The molecule has 0 spiro atoms. The van der Waals surface area contributed by atoms with Crippen LogP contribution in [0.3, 0.4) is 0 Å². The lowest BCUT2D eigenvalue weighted by molar-refractivity contribution is 0.0918. The second-order valence-corrected chi connectivity index (χ2v) is 4.77. The quantitative estimate of drug-likeness (QED) is 0.693. The Hall–Kier alpha value is -2.89. The van der Waals surface area contributed by atoms with Crippen molar-refractivity contribution in [3.05, 3.63) is 42.0 Å². The van der Waals surface area contributed by atoms with Gasteiger partial charge in [-0.25, -0.2) is 0 Å². The summed E-state index contributed by atoms with van der Waals surface area (Å²) in [7, 11) is 6.11. The van der Waals surface area contributed by atoms with Gasteiger partial charge in [0.1, 0.15) is 0 Å². The zero-order valence-electron chi connectivity index (χ0n) is 14.1. The first kappa shape index (κ1) is 17.5. The summed E-state index contributed by atoms with van der Waals surface area (Å²) in [6.07, 6.45) is 0. The molecular formula is C18H20O6. The number of para-hydroxylation sites is 1. The van der Waals surface area contributed by atoms with Crippen molar-refractivity contribution in [2.75, 3.05) is 35.0 Å². The lowest BCUT2D eigenvalue weighted by Gasteiger charge is -2.13. The van der Waals surface area contributed by atoms with E-state index in [0.717, 1.165) is 0 Å². The van der Waals surface area contributed by atoms with E-state index in [1.807, 2.05) is 0 Å². The van der Waals surface area contributed by atoms with E-state index in [0.29, 0.717) is 34.3 Å². The van der Waals surface area contributed by atoms with Crippen LogP contribution in [-0.4, -0.2) is 40.8 Å². The van der Waals surface area contributed by atoms with Gasteiger partial charge >= 0.3 is 0 Å². The fourth-order valence-electron chi connectivity index (χ4n) is 2.21. The van der Waals surface area contributed by atoms with Crippen molar-refractivity contribution in [2.24, 2.45) is 0 Å². The van der Waals surface area contributed by atoms with E-state index in [4.69, 9.17) is 23.7 Å². The fourth-order valence-corrected chi connectivity index (χ4v) is 2.21. The average molecular weight is 332 g/mol. The molecule has 2 aromatic rings. The van der Waals surface area contributed by atoms with Gasteiger partial charge in [-0.1, -0.05) is 6.07 Å². The lowest BCUT2D eigenvalue weighted by Crippen LogP contribution is -2.12. The zero-order chi connectivity index (χ0) is 17.5. The molecular weight excluding hydrogens is 312 g/mol. The van der Waals surface area contributed by atoms with E-state index in [2.05, 4.69) is 0 Å². The van der Waals surface area contributed by atoms with E-state index in [-0.39, 0.29) is 12.4 Å². The molecule has 0 unspecified atom stereocenters. The van der Waals surface area contributed by atoms with Gasteiger partial charge in [-0.15, -0.1) is 0 Å². The highest BCUT2D eigenvalue weighted by Gasteiger charge is 2.15. The number of carbonyl (C=O) groups is 1. The van der Waals surface area contributed by atoms with E-state index in [9.17, 15) is 4.79 Å². The van der Waals surface area contributed by atoms with Gasteiger partial charge in [-0.3, -0.25) is 4.79 Å². The molecule has 6 heteroatoms. The van der Waals surface area contributed by atoms with Gasteiger partial charge in [-0.05, 0) is 30.3 Å².